The van der Waals surface area contributed by atoms with Crippen LogP contribution in [0, 0.1) is 0 Å². The predicted octanol–water partition coefficient (Wildman–Crippen LogP) is 3.72. The number of fused-ring (bicyclic) bond motifs is 1. The van der Waals surface area contributed by atoms with Gasteiger partial charge in [0.05, 0.1) is 18.4 Å². The van der Waals surface area contributed by atoms with Gasteiger partial charge in [-0.05, 0) is 48.7 Å². The topological polar surface area (TPSA) is 72.5 Å². The first-order valence-electron chi connectivity index (χ1n) is 9.00. The first-order chi connectivity index (χ1) is 13.6. The first-order valence-corrected chi connectivity index (χ1v) is 9.88. The largest absolute Gasteiger partial charge is 0.489 e. The molecule has 2 N–H and O–H groups in total. The van der Waals surface area contributed by atoms with Crippen molar-refractivity contribution in [3.8, 4) is 11.5 Å². The Morgan fingerprint density at radius 2 is 2.29 bits per heavy atom. The van der Waals surface area contributed by atoms with Gasteiger partial charge in [0.2, 0.25) is 0 Å². The van der Waals surface area contributed by atoms with E-state index in [1.165, 1.54) is 0 Å². The second-order valence-electron chi connectivity index (χ2n) is 6.92. The van der Waals surface area contributed by atoms with E-state index in [-0.39, 0.29) is 5.91 Å². The molecule has 1 amide bonds. The third kappa shape index (κ3) is 4.26. The van der Waals surface area contributed by atoms with Gasteiger partial charge < -0.3 is 20.1 Å². The smallest absolute Gasteiger partial charge is 0.251 e. The molecule has 28 heavy (non-hydrogen) atoms. The summed E-state index contributed by atoms with van der Waals surface area (Å²) in [5.74, 6) is 1.32. The molecule has 7 heteroatoms. The maximum absolute atomic E-state index is 12.5. The number of anilines is 1. The highest BCUT2D eigenvalue weighted by atomic mass is 32.1. The molecule has 0 bridgehead atoms. The van der Waals surface area contributed by atoms with Crippen molar-refractivity contribution in [2.45, 2.75) is 19.0 Å². The number of nitrogens with zero attached hydrogens (tertiary/aromatic N) is 1. The molecule has 0 fully saturated rings. The Labute approximate surface area is 167 Å². The van der Waals surface area contributed by atoms with E-state index in [9.17, 15) is 4.79 Å². The monoisotopic (exact) mass is 395 g/mol. The summed E-state index contributed by atoms with van der Waals surface area (Å²) in [6, 6.07) is 13.1. The van der Waals surface area contributed by atoms with E-state index in [1.54, 1.807) is 29.8 Å². The summed E-state index contributed by atoms with van der Waals surface area (Å²) in [5.41, 5.74) is 0.950. The van der Waals surface area contributed by atoms with Crippen LogP contribution in [0.2, 0.25) is 0 Å². The number of aromatic nitrogens is 1. The number of rotatable bonds is 6. The summed E-state index contributed by atoms with van der Waals surface area (Å²) in [6.45, 7) is 3.42. The molecule has 2 aromatic heterocycles. The van der Waals surface area contributed by atoms with Crippen molar-refractivity contribution in [2.75, 3.05) is 18.5 Å². The highest BCUT2D eigenvalue weighted by Gasteiger charge is 2.32. The summed E-state index contributed by atoms with van der Waals surface area (Å²) in [5, 5.41) is 8.40. The summed E-state index contributed by atoms with van der Waals surface area (Å²) in [4.78, 5) is 17.7. The number of carbonyl (C=O) groups is 1. The molecule has 3 heterocycles. The van der Waals surface area contributed by atoms with Crippen LogP contribution in [0.1, 0.15) is 22.2 Å². The van der Waals surface area contributed by atoms with Gasteiger partial charge in [-0.3, -0.25) is 9.78 Å². The highest BCUT2D eigenvalue weighted by Crippen LogP contribution is 2.33. The summed E-state index contributed by atoms with van der Waals surface area (Å²) in [7, 11) is 0. The second kappa shape index (κ2) is 7.90. The van der Waals surface area contributed by atoms with E-state index in [2.05, 4.69) is 15.6 Å². The molecule has 0 radical (unpaired) electrons. The molecular formula is C21H21N3O3S. The molecule has 4 rings (SSSR count). The number of amides is 1. The molecule has 1 aromatic carbocycles. The van der Waals surface area contributed by atoms with Crippen molar-refractivity contribution >= 4 is 22.9 Å². The summed E-state index contributed by atoms with van der Waals surface area (Å²) < 4.78 is 11.7. The van der Waals surface area contributed by atoms with Gasteiger partial charge in [0.25, 0.3) is 5.91 Å². The van der Waals surface area contributed by atoms with Gasteiger partial charge in [-0.25, -0.2) is 0 Å². The summed E-state index contributed by atoms with van der Waals surface area (Å²) >= 11 is 1.62. The van der Waals surface area contributed by atoms with Crippen molar-refractivity contribution < 1.29 is 14.3 Å². The fourth-order valence-electron chi connectivity index (χ4n) is 2.93. The minimum absolute atomic E-state index is 0.114. The van der Waals surface area contributed by atoms with Gasteiger partial charge in [-0.2, -0.15) is 0 Å². The third-order valence-corrected chi connectivity index (χ3v) is 5.30. The minimum Gasteiger partial charge on any atom is -0.489 e. The fourth-order valence-corrected chi connectivity index (χ4v) is 3.57. The number of ether oxygens (including phenoxy) is 2. The van der Waals surface area contributed by atoms with Crippen molar-refractivity contribution in [2.24, 2.45) is 0 Å². The van der Waals surface area contributed by atoms with Crippen LogP contribution in [0.5, 0.6) is 11.5 Å². The lowest BCUT2D eigenvalue weighted by atomic mass is 10.0. The SMILES string of the molecule is CC1(COc2cccnc2)COc2ccc(C(=O)NCc3cccs3)cc2N1. The normalized spacial score (nSPS) is 17.8. The minimum atomic E-state index is -0.422. The van der Waals surface area contributed by atoms with E-state index in [0.717, 1.165) is 16.3 Å². The quantitative estimate of drug-likeness (QED) is 0.666. The molecule has 3 aromatic rings. The Balaban J connectivity index is 1.42. The van der Waals surface area contributed by atoms with E-state index in [0.29, 0.717) is 31.1 Å². The van der Waals surface area contributed by atoms with E-state index >= 15 is 0 Å². The van der Waals surface area contributed by atoms with Crippen molar-refractivity contribution in [3.05, 3.63) is 70.7 Å². The molecule has 0 aliphatic carbocycles. The molecule has 1 aliphatic heterocycles. The first kappa shape index (κ1) is 18.3. The van der Waals surface area contributed by atoms with Crippen molar-refractivity contribution in [1.82, 2.24) is 10.3 Å². The Kier molecular flexibility index (Phi) is 5.16. The van der Waals surface area contributed by atoms with Gasteiger partial charge in [0.15, 0.2) is 0 Å². The Hall–Kier alpha value is -3.06. The molecular weight excluding hydrogens is 374 g/mol. The van der Waals surface area contributed by atoms with E-state index in [4.69, 9.17) is 9.47 Å². The molecule has 1 unspecified atom stereocenters. The number of pyridine rings is 1. The Morgan fingerprint density at radius 1 is 1.36 bits per heavy atom. The van der Waals surface area contributed by atoms with Gasteiger partial charge in [0, 0.05) is 16.6 Å². The zero-order valence-electron chi connectivity index (χ0n) is 15.5. The number of carbonyl (C=O) groups excluding carboxylic acids is 1. The summed E-state index contributed by atoms with van der Waals surface area (Å²) in [6.07, 6.45) is 3.38. The average molecular weight is 395 g/mol. The maximum atomic E-state index is 12.5. The number of hydrogen-bond acceptors (Lipinski definition) is 6. The molecule has 0 spiro atoms. The maximum Gasteiger partial charge on any atom is 0.251 e. The number of benzene rings is 1. The highest BCUT2D eigenvalue weighted by molar-refractivity contribution is 7.09. The molecule has 144 valence electrons. The van der Waals surface area contributed by atoms with Crippen LogP contribution in [-0.2, 0) is 6.54 Å². The average Bonchev–Trinajstić information content (AvgIpc) is 3.24. The lowest BCUT2D eigenvalue weighted by molar-refractivity contribution is 0.0951. The molecule has 1 atom stereocenters. The van der Waals surface area contributed by atoms with Crippen LogP contribution >= 0.6 is 11.3 Å². The standard InChI is InChI=1S/C21H21N3O3S/c1-21(13-26-16-4-2-8-22-11-16)14-27-19-7-6-15(10-18(19)24-21)20(25)23-12-17-5-3-9-28-17/h2-11,24H,12-14H2,1H3,(H,23,25). The van der Waals surface area contributed by atoms with Gasteiger partial charge in [-0.15, -0.1) is 11.3 Å². The molecule has 0 saturated heterocycles. The van der Waals surface area contributed by atoms with Gasteiger partial charge in [-0.1, -0.05) is 6.07 Å². The molecule has 1 aliphatic rings. The number of hydrogen-bond donors (Lipinski definition) is 2. The Bertz CT molecular complexity index is 947. The lowest BCUT2D eigenvalue weighted by Crippen LogP contribution is -2.48. The molecule has 6 nitrogen and oxygen atoms in total. The number of thiophene rings is 1. The van der Waals surface area contributed by atoms with E-state index < -0.39 is 5.54 Å². The van der Waals surface area contributed by atoms with Crippen molar-refractivity contribution in [1.29, 1.82) is 0 Å². The van der Waals surface area contributed by atoms with E-state index in [1.807, 2.05) is 48.7 Å². The van der Waals surface area contributed by atoms with Crippen LogP contribution in [0.3, 0.4) is 0 Å². The van der Waals surface area contributed by atoms with Gasteiger partial charge >= 0.3 is 0 Å². The van der Waals surface area contributed by atoms with Crippen LogP contribution < -0.4 is 20.1 Å². The van der Waals surface area contributed by atoms with Crippen LogP contribution in [0.25, 0.3) is 0 Å². The molecule has 0 saturated carbocycles. The van der Waals surface area contributed by atoms with Crippen LogP contribution in [-0.4, -0.2) is 29.6 Å². The van der Waals surface area contributed by atoms with Crippen molar-refractivity contribution in [3.63, 3.8) is 0 Å². The second-order valence-corrected chi connectivity index (χ2v) is 7.96. The van der Waals surface area contributed by atoms with Gasteiger partial charge in [0.1, 0.15) is 30.3 Å². The number of nitrogens with one attached hydrogen (secondary N) is 2. The van der Waals surface area contributed by atoms with Crippen LogP contribution in [0.15, 0.2) is 60.2 Å². The predicted molar refractivity (Wildman–Crippen MR) is 109 cm³/mol. The van der Waals surface area contributed by atoms with Crippen LogP contribution in [0.4, 0.5) is 5.69 Å². The zero-order chi connectivity index (χ0) is 19.4. The lowest BCUT2D eigenvalue weighted by Gasteiger charge is -2.36. The zero-order valence-corrected chi connectivity index (χ0v) is 16.3. The third-order valence-electron chi connectivity index (χ3n) is 4.42. The Morgan fingerprint density at radius 3 is 3.07 bits per heavy atom. The fraction of sp³-hybridized carbons (Fsp3) is 0.238.